The number of carbonyl (C=O) groups excluding carboxylic acids is 1. The van der Waals surface area contributed by atoms with Crippen LogP contribution in [0.5, 0.6) is 5.75 Å². The number of nitrogens with one attached hydrogen (secondary N) is 1. The average Bonchev–Trinajstić information content (AvgIpc) is 2.77. The molecule has 0 aliphatic rings. The zero-order valence-corrected chi connectivity index (χ0v) is 17.4. The molecular weight excluding hydrogens is 390 g/mol. The fourth-order valence-electron chi connectivity index (χ4n) is 3.51. The fourth-order valence-corrected chi connectivity index (χ4v) is 3.51. The van der Waals surface area contributed by atoms with Gasteiger partial charge in [0.15, 0.2) is 6.61 Å². The molecular formula is C26H23NO4. The van der Waals surface area contributed by atoms with Crippen molar-refractivity contribution >= 4 is 16.9 Å². The van der Waals surface area contributed by atoms with Crippen molar-refractivity contribution < 1.29 is 13.9 Å². The second kappa shape index (κ2) is 8.88. The molecule has 1 heterocycles. The lowest BCUT2D eigenvalue weighted by Gasteiger charge is -2.20. The van der Waals surface area contributed by atoms with Crippen molar-refractivity contribution in [2.24, 2.45) is 0 Å². The van der Waals surface area contributed by atoms with Crippen LogP contribution in [0.3, 0.4) is 0 Å². The van der Waals surface area contributed by atoms with Crippen LogP contribution in [0.25, 0.3) is 11.0 Å². The maximum atomic E-state index is 12.7. The smallest absolute Gasteiger partial charge is 0.336 e. The van der Waals surface area contributed by atoms with Crippen LogP contribution in [0.4, 0.5) is 0 Å². The highest BCUT2D eigenvalue weighted by Crippen LogP contribution is 2.24. The van der Waals surface area contributed by atoms with Crippen molar-refractivity contribution in [1.29, 1.82) is 0 Å². The summed E-state index contributed by atoms with van der Waals surface area (Å²) in [6, 6.07) is 24.3. The highest BCUT2D eigenvalue weighted by molar-refractivity contribution is 5.82. The number of carbonyl (C=O) groups is 1. The molecule has 1 atom stereocenters. The van der Waals surface area contributed by atoms with Gasteiger partial charge in [-0.1, -0.05) is 60.2 Å². The first-order chi connectivity index (χ1) is 15.0. The summed E-state index contributed by atoms with van der Waals surface area (Å²) in [7, 11) is 0. The van der Waals surface area contributed by atoms with Gasteiger partial charge in [0, 0.05) is 17.5 Å². The van der Waals surface area contributed by atoms with E-state index in [1.54, 1.807) is 12.1 Å². The van der Waals surface area contributed by atoms with Gasteiger partial charge >= 0.3 is 5.63 Å². The molecule has 0 saturated carbocycles. The topological polar surface area (TPSA) is 68.5 Å². The highest BCUT2D eigenvalue weighted by atomic mass is 16.5. The molecule has 0 spiro atoms. The molecule has 1 N–H and O–H groups in total. The Morgan fingerprint density at radius 2 is 1.65 bits per heavy atom. The Labute approximate surface area is 180 Å². The summed E-state index contributed by atoms with van der Waals surface area (Å²) in [5, 5.41) is 3.89. The number of rotatable bonds is 6. The third-order valence-electron chi connectivity index (χ3n) is 5.14. The lowest BCUT2D eigenvalue weighted by molar-refractivity contribution is -0.123. The summed E-state index contributed by atoms with van der Waals surface area (Å²) in [4.78, 5) is 24.3. The SMILES string of the molecule is Cc1ccc([C@H](NC(=O)COc2ccc3c(C)cc(=O)oc3c2)c2ccccc2)cc1. The van der Waals surface area contributed by atoms with E-state index in [0.717, 1.165) is 27.6 Å². The Hall–Kier alpha value is -3.86. The van der Waals surface area contributed by atoms with E-state index >= 15 is 0 Å². The van der Waals surface area contributed by atoms with E-state index in [0.29, 0.717) is 11.3 Å². The van der Waals surface area contributed by atoms with Gasteiger partial charge < -0.3 is 14.5 Å². The predicted octanol–water partition coefficient (Wildman–Crippen LogP) is 4.69. The minimum absolute atomic E-state index is 0.156. The molecule has 0 aliphatic carbocycles. The minimum atomic E-state index is -0.413. The maximum absolute atomic E-state index is 12.7. The van der Waals surface area contributed by atoms with Gasteiger partial charge in [-0.25, -0.2) is 4.79 Å². The molecule has 156 valence electrons. The average molecular weight is 413 g/mol. The zero-order chi connectivity index (χ0) is 21.8. The van der Waals surface area contributed by atoms with Crippen molar-refractivity contribution in [2.45, 2.75) is 19.9 Å². The predicted molar refractivity (Wildman–Crippen MR) is 120 cm³/mol. The van der Waals surface area contributed by atoms with Crippen molar-refractivity contribution in [1.82, 2.24) is 5.32 Å². The van der Waals surface area contributed by atoms with Gasteiger partial charge in [-0.3, -0.25) is 4.79 Å². The fraction of sp³-hybridized carbons (Fsp3) is 0.154. The van der Waals surface area contributed by atoms with Crippen molar-refractivity contribution in [2.75, 3.05) is 6.61 Å². The van der Waals surface area contributed by atoms with E-state index in [1.165, 1.54) is 6.07 Å². The van der Waals surface area contributed by atoms with Crippen LogP contribution >= 0.6 is 0 Å². The van der Waals surface area contributed by atoms with Gasteiger partial charge in [0.05, 0.1) is 6.04 Å². The van der Waals surface area contributed by atoms with E-state index in [9.17, 15) is 9.59 Å². The standard InChI is InChI=1S/C26H23NO4/c1-17-8-10-20(11-9-17)26(19-6-4-3-5-7-19)27-24(28)16-30-21-12-13-22-18(2)14-25(29)31-23(22)15-21/h3-15,26H,16H2,1-2H3,(H,27,28)/t26-/m1/s1. The Balaban J connectivity index is 1.50. The lowest BCUT2D eigenvalue weighted by atomic mass is 9.98. The van der Waals surface area contributed by atoms with Crippen LogP contribution in [0, 0.1) is 13.8 Å². The molecule has 0 fully saturated rings. The highest BCUT2D eigenvalue weighted by Gasteiger charge is 2.17. The molecule has 1 amide bonds. The molecule has 0 aliphatic heterocycles. The number of aryl methyl sites for hydroxylation is 2. The minimum Gasteiger partial charge on any atom is -0.484 e. The number of benzene rings is 3. The Kier molecular flexibility index (Phi) is 5.85. The van der Waals surface area contributed by atoms with Crippen LogP contribution in [-0.4, -0.2) is 12.5 Å². The molecule has 0 bridgehead atoms. The summed E-state index contributed by atoms with van der Waals surface area (Å²) >= 11 is 0. The van der Waals surface area contributed by atoms with E-state index < -0.39 is 5.63 Å². The summed E-state index contributed by atoms with van der Waals surface area (Å²) < 4.78 is 10.9. The summed E-state index contributed by atoms with van der Waals surface area (Å²) in [5.74, 6) is 0.211. The molecule has 4 rings (SSSR count). The molecule has 31 heavy (non-hydrogen) atoms. The van der Waals surface area contributed by atoms with Gasteiger partial charge in [-0.15, -0.1) is 0 Å². The van der Waals surface area contributed by atoms with E-state index in [2.05, 4.69) is 5.32 Å². The van der Waals surface area contributed by atoms with Crippen molar-refractivity contribution in [3.05, 3.63) is 112 Å². The molecule has 5 heteroatoms. The van der Waals surface area contributed by atoms with Crippen LogP contribution < -0.4 is 15.7 Å². The second-order valence-electron chi connectivity index (χ2n) is 7.52. The van der Waals surface area contributed by atoms with Crippen molar-refractivity contribution in [3.8, 4) is 5.75 Å². The molecule has 5 nitrogen and oxygen atoms in total. The van der Waals surface area contributed by atoms with Crippen molar-refractivity contribution in [3.63, 3.8) is 0 Å². The van der Waals surface area contributed by atoms with Gasteiger partial charge in [-0.2, -0.15) is 0 Å². The van der Waals surface area contributed by atoms with Crippen LogP contribution in [-0.2, 0) is 4.79 Å². The normalized spacial score (nSPS) is 11.8. The summed E-state index contributed by atoms with van der Waals surface area (Å²) in [6.07, 6.45) is 0. The third-order valence-corrected chi connectivity index (χ3v) is 5.14. The van der Waals surface area contributed by atoms with E-state index in [-0.39, 0.29) is 18.6 Å². The molecule has 3 aromatic carbocycles. The van der Waals surface area contributed by atoms with Gasteiger partial charge in [-0.05, 0) is 42.7 Å². The number of hydrogen-bond acceptors (Lipinski definition) is 4. The first kappa shape index (κ1) is 20.4. The lowest BCUT2D eigenvalue weighted by Crippen LogP contribution is -2.33. The monoisotopic (exact) mass is 413 g/mol. The molecule has 4 aromatic rings. The Morgan fingerprint density at radius 1 is 0.935 bits per heavy atom. The second-order valence-corrected chi connectivity index (χ2v) is 7.52. The first-order valence-electron chi connectivity index (χ1n) is 10.1. The maximum Gasteiger partial charge on any atom is 0.336 e. The molecule has 0 saturated heterocycles. The Morgan fingerprint density at radius 3 is 2.39 bits per heavy atom. The van der Waals surface area contributed by atoms with Crippen LogP contribution in [0.2, 0.25) is 0 Å². The number of ether oxygens (including phenoxy) is 1. The summed E-state index contributed by atoms with van der Waals surface area (Å²) in [6.45, 7) is 3.72. The number of amides is 1. The van der Waals surface area contributed by atoms with Gasteiger partial charge in [0.2, 0.25) is 0 Å². The number of hydrogen-bond donors (Lipinski definition) is 1. The zero-order valence-electron chi connectivity index (χ0n) is 17.4. The van der Waals surface area contributed by atoms with Crippen LogP contribution in [0.1, 0.15) is 28.3 Å². The largest absolute Gasteiger partial charge is 0.484 e. The number of fused-ring (bicyclic) bond motifs is 1. The van der Waals surface area contributed by atoms with E-state index in [4.69, 9.17) is 9.15 Å². The third kappa shape index (κ3) is 4.83. The Bertz CT molecular complexity index is 1260. The molecule has 0 radical (unpaired) electrons. The quantitative estimate of drug-likeness (QED) is 0.466. The van der Waals surface area contributed by atoms with Gasteiger partial charge in [0.1, 0.15) is 11.3 Å². The first-order valence-corrected chi connectivity index (χ1v) is 10.1. The van der Waals surface area contributed by atoms with Crippen LogP contribution in [0.15, 0.2) is 88.1 Å². The molecule has 1 aromatic heterocycles. The summed E-state index contributed by atoms with van der Waals surface area (Å²) in [5.41, 5.74) is 3.99. The van der Waals surface area contributed by atoms with Gasteiger partial charge in [0.25, 0.3) is 5.91 Å². The molecule has 0 unspecified atom stereocenters. The van der Waals surface area contributed by atoms with E-state index in [1.807, 2.05) is 74.5 Å².